The number of phenolic OH excluding ortho intramolecular Hbond substituents is 1. The summed E-state index contributed by atoms with van der Waals surface area (Å²) in [5.41, 5.74) is 1.16. The maximum atomic E-state index is 11.7. The topological polar surface area (TPSA) is 90.9 Å². The molecule has 0 saturated heterocycles. The van der Waals surface area contributed by atoms with Gasteiger partial charge in [-0.15, -0.1) is 0 Å². The third-order valence-electron chi connectivity index (χ3n) is 2.34. The molecule has 6 nitrogen and oxygen atoms in total. The molecule has 0 radical (unpaired) electrons. The van der Waals surface area contributed by atoms with E-state index in [0.29, 0.717) is 23.5 Å². The Hall–Kier alpha value is -2.37. The van der Waals surface area contributed by atoms with Crippen molar-refractivity contribution < 1.29 is 9.90 Å². The van der Waals surface area contributed by atoms with Crippen molar-refractivity contribution in [3.63, 3.8) is 0 Å². The number of aromatic nitrogens is 3. The van der Waals surface area contributed by atoms with Crippen molar-refractivity contribution >= 4 is 5.91 Å². The monoisotopic (exact) mass is 232 g/mol. The summed E-state index contributed by atoms with van der Waals surface area (Å²) in [4.78, 5) is 15.6. The van der Waals surface area contributed by atoms with E-state index >= 15 is 0 Å². The van der Waals surface area contributed by atoms with E-state index in [1.807, 2.05) is 0 Å². The maximum absolute atomic E-state index is 11.7. The lowest BCUT2D eigenvalue weighted by Crippen LogP contribution is -2.23. The van der Waals surface area contributed by atoms with Gasteiger partial charge < -0.3 is 10.4 Å². The number of amides is 1. The fraction of sp³-hybridized carbons (Fsp3) is 0.182. The number of carbonyl (C=O) groups excluding carboxylic acids is 1. The van der Waals surface area contributed by atoms with Crippen LogP contribution in [0.2, 0.25) is 0 Å². The first-order valence-corrected chi connectivity index (χ1v) is 5.09. The number of hydrogen-bond acceptors (Lipinski definition) is 4. The Morgan fingerprint density at radius 3 is 3.00 bits per heavy atom. The second-order valence-corrected chi connectivity index (χ2v) is 3.62. The van der Waals surface area contributed by atoms with Gasteiger partial charge in [0.2, 0.25) is 0 Å². The second-order valence-electron chi connectivity index (χ2n) is 3.62. The number of H-pyrrole nitrogens is 1. The molecule has 1 aromatic heterocycles. The molecule has 1 aromatic carbocycles. The minimum absolute atomic E-state index is 0.178. The average Bonchev–Trinajstić information content (AvgIpc) is 2.82. The molecule has 2 aromatic rings. The number of rotatable bonds is 3. The zero-order valence-electron chi connectivity index (χ0n) is 9.27. The molecule has 0 unspecified atom stereocenters. The van der Waals surface area contributed by atoms with Crippen LogP contribution in [0.15, 0.2) is 24.5 Å². The Morgan fingerprint density at radius 2 is 2.35 bits per heavy atom. The highest BCUT2D eigenvalue weighted by Crippen LogP contribution is 2.16. The third-order valence-corrected chi connectivity index (χ3v) is 2.34. The van der Waals surface area contributed by atoms with Gasteiger partial charge >= 0.3 is 0 Å². The average molecular weight is 232 g/mol. The van der Waals surface area contributed by atoms with Crippen LogP contribution >= 0.6 is 0 Å². The van der Waals surface area contributed by atoms with Crippen molar-refractivity contribution in [1.29, 1.82) is 0 Å². The van der Waals surface area contributed by atoms with Gasteiger partial charge in [0.1, 0.15) is 17.9 Å². The van der Waals surface area contributed by atoms with Crippen molar-refractivity contribution in [2.24, 2.45) is 0 Å². The lowest BCUT2D eigenvalue weighted by molar-refractivity contribution is 0.0950. The minimum atomic E-state index is -0.218. The van der Waals surface area contributed by atoms with Crippen LogP contribution in [0.4, 0.5) is 0 Å². The summed E-state index contributed by atoms with van der Waals surface area (Å²) < 4.78 is 0. The normalized spacial score (nSPS) is 10.2. The Kier molecular flexibility index (Phi) is 3.04. The van der Waals surface area contributed by atoms with E-state index in [9.17, 15) is 9.90 Å². The summed E-state index contributed by atoms with van der Waals surface area (Å²) in [6.45, 7) is 2.03. The van der Waals surface area contributed by atoms with E-state index in [1.165, 1.54) is 12.4 Å². The van der Waals surface area contributed by atoms with Crippen molar-refractivity contribution in [3.8, 4) is 5.75 Å². The van der Waals surface area contributed by atoms with E-state index in [2.05, 4.69) is 20.5 Å². The molecule has 6 heteroatoms. The molecule has 3 N–H and O–H groups in total. The molecule has 2 rings (SSSR count). The molecular formula is C11H12N4O2. The van der Waals surface area contributed by atoms with Crippen LogP contribution in [0, 0.1) is 6.92 Å². The number of phenols is 1. The lowest BCUT2D eigenvalue weighted by atomic mass is 10.1. The van der Waals surface area contributed by atoms with Gasteiger partial charge in [-0.1, -0.05) is 0 Å². The largest absolute Gasteiger partial charge is 0.508 e. The van der Waals surface area contributed by atoms with Crippen LogP contribution < -0.4 is 5.32 Å². The van der Waals surface area contributed by atoms with Crippen LogP contribution in [0.25, 0.3) is 0 Å². The third kappa shape index (κ3) is 2.60. The van der Waals surface area contributed by atoms with E-state index < -0.39 is 0 Å². The van der Waals surface area contributed by atoms with Crippen LogP contribution in [0.1, 0.15) is 21.7 Å². The van der Waals surface area contributed by atoms with Gasteiger partial charge in [0, 0.05) is 5.56 Å². The van der Waals surface area contributed by atoms with Crippen LogP contribution in [0.5, 0.6) is 5.75 Å². The Bertz CT molecular complexity index is 522. The molecule has 0 saturated carbocycles. The van der Waals surface area contributed by atoms with Crippen LogP contribution in [-0.2, 0) is 6.54 Å². The zero-order valence-corrected chi connectivity index (χ0v) is 9.27. The summed E-state index contributed by atoms with van der Waals surface area (Å²) in [6.07, 6.45) is 1.38. The molecule has 0 aliphatic heterocycles. The standard InChI is InChI=1S/C11H12N4O2/c1-7-4-8(2-3-9(7)16)11(17)12-5-10-13-6-14-15-10/h2-4,6,16H,5H2,1H3,(H,12,17)(H,13,14,15). The van der Waals surface area contributed by atoms with Gasteiger partial charge in [0.15, 0.2) is 0 Å². The molecular weight excluding hydrogens is 220 g/mol. The smallest absolute Gasteiger partial charge is 0.251 e. The molecule has 0 atom stereocenters. The Morgan fingerprint density at radius 1 is 1.53 bits per heavy atom. The number of nitrogens with zero attached hydrogens (tertiary/aromatic N) is 2. The quantitative estimate of drug-likeness (QED) is 0.728. The van der Waals surface area contributed by atoms with Crippen molar-refractivity contribution in [2.45, 2.75) is 13.5 Å². The van der Waals surface area contributed by atoms with Crippen molar-refractivity contribution in [2.75, 3.05) is 0 Å². The SMILES string of the molecule is Cc1cc(C(=O)NCc2ncn[nH]2)ccc1O. The molecule has 88 valence electrons. The number of nitrogens with one attached hydrogen (secondary N) is 2. The Balaban J connectivity index is 2.02. The Labute approximate surface area is 97.7 Å². The molecule has 0 fully saturated rings. The molecule has 17 heavy (non-hydrogen) atoms. The van der Waals surface area contributed by atoms with E-state index in [-0.39, 0.29) is 11.7 Å². The number of aromatic hydroxyl groups is 1. The van der Waals surface area contributed by atoms with Gasteiger partial charge in [0.25, 0.3) is 5.91 Å². The van der Waals surface area contributed by atoms with Crippen LogP contribution in [-0.4, -0.2) is 26.2 Å². The zero-order chi connectivity index (χ0) is 12.3. The van der Waals surface area contributed by atoms with E-state index in [4.69, 9.17) is 0 Å². The van der Waals surface area contributed by atoms with Crippen molar-refractivity contribution in [3.05, 3.63) is 41.5 Å². The van der Waals surface area contributed by atoms with Gasteiger partial charge in [0.05, 0.1) is 6.54 Å². The van der Waals surface area contributed by atoms with E-state index in [0.717, 1.165) is 0 Å². The summed E-state index contributed by atoms with van der Waals surface area (Å²) >= 11 is 0. The molecule has 1 amide bonds. The first-order chi connectivity index (χ1) is 8.16. The number of hydrogen-bond donors (Lipinski definition) is 3. The van der Waals surface area contributed by atoms with Gasteiger partial charge in [-0.05, 0) is 30.7 Å². The van der Waals surface area contributed by atoms with Gasteiger partial charge in [-0.25, -0.2) is 4.98 Å². The highest BCUT2D eigenvalue weighted by Gasteiger charge is 2.07. The molecule has 0 aliphatic rings. The number of aryl methyl sites for hydroxylation is 1. The van der Waals surface area contributed by atoms with Gasteiger partial charge in [-0.3, -0.25) is 9.89 Å². The number of aromatic amines is 1. The molecule has 0 aliphatic carbocycles. The first-order valence-electron chi connectivity index (χ1n) is 5.09. The van der Waals surface area contributed by atoms with Gasteiger partial charge in [-0.2, -0.15) is 5.10 Å². The highest BCUT2D eigenvalue weighted by molar-refractivity contribution is 5.94. The first kappa shape index (κ1) is 11.1. The van der Waals surface area contributed by atoms with Crippen molar-refractivity contribution in [1.82, 2.24) is 20.5 Å². The molecule has 1 heterocycles. The molecule has 0 bridgehead atoms. The van der Waals surface area contributed by atoms with E-state index in [1.54, 1.807) is 19.1 Å². The fourth-order valence-electron chi connectivity index (χ4n) is 1.38. The summed E-state index contributed by atoms with van der Waals surface area (Å²) in [7, 11) is 0. The number of benzene rings is 1. The second kappa shape index (κ2) is 4.65. The predicted octanol–water partition coefficient (Wildman–Crippen LogP) is 0.749. The molecule has 0 spiro atoms. The lowest BCUT2D eigenvalue weighted by Gasteiger charge is -2.05. The summed E-state index contributed by atoms with van der Waals surface area (Å²) in [5, 5.41) is 18.4. The highest BCUT2D eigenvalue weighted by atomic mass is 16.3. The maximum Gasteiger partial charge on any atom is 0.251 e. The summed E-state index contributed by atoms with van der Waals surface area (Å²) in [6, 6.07) is 4.70. The number of carbonyl (C=O) groups is 1. The predicted molar refractivity (Wildman–Crippen MR) is 60.4 cm³/mol. The summed E-state index contributed by atoms with van der Waals surface area (Å²) in [5.74, 6) is 0.551. The van der Waals surface area contributed by atoms with Crippen LogP contribution in [0.3, 0.4) is 0 Å². The fourth-order valence-corrected chi connectivity index (χ4v) is 1.38. The minimum Gasteiger partial charge on any atom is -0.508 e.